The van der Waals surface area contributed by atoms with Crippen molar-refractivity contribution in [1.29, 1.82) is 0 Å². The molecule has 0 atom stereocenters. The minimum atomic E-state index is -0.576. The van der Waals surface area contributed by atoms with Crippen LogP contribution in [0.25, 0.3) is 0 Å². The van der Waals surface area contributed by atoms with E-state index >= 15 is 0 Å². The molecule has 0 aromatic carbocycles. The van der Waals surface area contributed by atoms with E-state index in [2.05, 4.69) is 26.1 Å². The number of aliphatic hydroxyl groups excluding tert-OH is 1. The molecule has 4 heteroatoms. The monoisotopic (exact) mass is 303 g/mol. The second kappa shape index (κ2) is 15.5. The third-order valence-electron chi connectivity index (χ3n) is 2.62. The summed E-state index contributed by atoms with van der Waals surface area (Å²) in [6, 6.07) is 0. The number of hydrogen-bond acceptors (Lipinski definition) is 3. The molecule has 21 heavy (non-hydrogen) atoms. The topological polar surface area (TPSA) is 66.4 Å². The predicted octanol–water partition coefficient (Wildman–Crippen LogP) is 3.71. The van der Waals surface area contributed by atoms with Gasteiger partial charge in [0.05, 0.1) is 12.1 Å². The maximum absolute atomic E-state index is 11.3. The third-order valence-corrected chi connectivity index (χ3v) is 2.62. The lowest BCUT2D eigenvalue weighted by Crippen LogP contribution is -2.46. The van der Waals surface area contributed by atoms with Crippen molar-refractivity contribution in [3.05, 3.63) is 0 Å². The molecule has 2 N–H and O–H groups in total. The zero-order valence-corrected chi connectivity index (χ0v) is 15.4. The van der Waals surface area contributed by atoms with Crippen LogP contribution in [-0.2, 0) is 9.59 Å². The van der Waals surface area contributed by atoms with E-state index in [-0.39, 0.29) is 18.3 Å². The van der Waals surface area contributed by atoms with Crippen LogP contribution < -0.4 is 5.32 Å². The van der Waals surface area contributed by atoms with Crippen LogP contribution in [0, 0.1) is 5.92 Å². The Morgan fingerprint density at radius 3 is 1.86 bits per heavy atom. The van der Waals surface area contributed by atoms with E-state index in [1.807, 2.05) is 13.8 Å². The Labute approximate surface area is 131 Å². The molecule has 0 radical (unpaired) electrons. The molecule has 0 aliphatic heterocycles. The number of ketones is 1. The molecule has 0 aromatic heterocycles. The first kappa shape index (κ1) is 25.1. The fraction of sp³-hybridized carbons (Fsp3) is 0.882. The standard InChI is InChI=1S/C10H19NO3.C5H12.C2H6/c1-8(13)5-4-6-9(14)11-10(2,3)7-12;1-4-5(2)3;1-2/h12H,4-7H2,1-3H3,(H,11,14);5H,4H2,1-3H3;1-2H3. The van der Waals surface area contributed by atoms with Crippen LogP contribution in [0.5, 0.6) is 0 Å². The Bertz CT molecular complexity index is 261. The van der Waals surface area contributed by atoms with E-state index in [0.717, 1.165) is 5.92 Å². The van der Waals surface area contributed by atoms with Crippen LogP contribution in [0.3, 0.4) is 0 Å². The first-order valence-corrected chi connectivity index (χ1v) is 8.06. The predicted molar refractivity (Wildman–Crippen MR) is 90.3 cm³/mol. The molecule has 0 rings (SSSR count). The Hall–Kier alpha value is -0.900. The smallest absolute Gasteiger partial charge is 0.220 e. The Kier molecular flexibility index (Phi) is 18.5. The summed E-state index contributed by atoms with van der Waals surface area (Å²) in [4.78, 5) is 21.9. The number of hydrogen-bond donors (Lipinski definition) is 2. The Morgan fingerprint density at radius 1 is 1.14 bits per heavy atom. The highest BCUT2D eigenvalue weighted by Crippen LogP contribution is 2.02. The Morgan fingerprint density at radius 2 is 1.57 bits per heavy atom. The van der Waals surface area contributed by atoms with Crippen molar-refractivity contribution in [1.82, 2.24) is 5.32 Å². The lowest BCUT2D eigenvalue weighted by atomic mass is 10.1. The van der Waals surface area contributed by atoms with E-state index < -0.39 is 5.54 Å². The highest BCUT2D eigenvalue weighted by molar-refractivity contribution is 5.79. The molecule has 0 spiro atoms. The first-order valence-electron chi connectivity index (χ1n) is 8.06. The van der Waals surface area contributed by atoms with Crippen molar-refractivity contribution in [2.75, 3.05) is 6.61 Å². The fourth-order valence-corrected chi connectivity index (χ4v) is 0.977. The molecule has 0 aliphatic rings. The zero-order chi connectivity index (χ0) is 17.5. The number of nitrogens with one attached hydrogen (secondary N) is 1. The van der Waals surface area contributed by atoms with Crippen LogP contribution >= 0.6 is 0 Å². The van der Waals surface area contributed by atoms with Gasteiger partial charge >= 0.3 is 0 Å². The first-order chi connectivity index (χ1) is 9.64. The number of Topliss-reactive ketones (excluding diaryl/α,β-unsaturated/α-hetero) is 1. The lowest BCUT2D eigenvalue weighted by Gasteiger charge is -2.23. The van der Waals surface area contributed by atoms with E-state index in [9.17, 15) is 9.59 Å². The van der Waals surface area contributed by atoms with Gasteiger partial charge in [0.2, 0.25) is 5.91 Å². The van der Waals surface area contributed by atoms with Gasteiger partial charge in [0.1, 0.15) is 5.78 Å². The van der Waals surface area contributed by atoms with Gasteiger partial charge in [-0.2, -0.15) is 0 Å². The Balaban J connectivity index is -0.000000389. The van der Waals surface area contributed by atoms with Crippen molar-refractivity contribution < 1.29 is 14.7 Å². The van der Waals surface area contributed by atoms with Crippen LogP contribution in [0.15, 0.2) is 0 Å². The maximum atomic E-state index is 11.3. The SMILES string of the molecule is CC.CC(=O)CCCC(=O)NC(C)(C)CO.CCC(C)C. The largest absolute Gasteiger partial charge is 0.394 e. The average molecular weight is 303 g/mol. The highest BCUT2D eigenvalue weighted by Gasteiger charge is 2.18. The van der Waals surface area contributed by atoms with Crippen LogP contribution in [0.1, 0.15) is 81.1 Å². The average Bonchev–Trinajstić information content (AvgIpc) is 2.40. The minimum Gasteiger partial charge on any atom is -0.394 e. The molecule has 0 saturated carbocycles. The van der Waals surface area contributed by atoms with Crippen LogP contribution in [0.4, 0.5) is 0 Å². The summed E-state index contributed by atoms with van der Waals surface area (Å²) < 4.78 is 0. The van der Waals surface area contributed by atoms with Crippen molar-refractivity contribution >= 4 is 11.7 Å². The van der Waals surface area contributed by atoms with Gasteiger partial charge < -0.3 is 15.2 Å². The number of amides is 1. The normalized spacial score (nSPS) is 10.0. The number of aliphatic hydroxyl groups is 1. The molecule has 4 nitrogen and oxygen atoms in total. The summed E-state index contributed by atoms with van der Waals surface area (Å²) in [5.74, 6) is 0.861. The van der Waals surface area contributed by atoms with Gasteiger partial charge in [-0.05, 0) is 33.1 Å². The van der Waals surface area contributed by atoms with Crippen LogP contribution in [0.2, 0.25) is 0 Å². The maximum Gasteiger partial charge on any atom is 0.220 e. The fourth-order valence-electron chi connectivity index (χ4n) is 0.977. The number of carbonyl (C=O) groups excluding carboxylic acids is 2. The second-order valence-electron chi connectivity index (χ2n) is 5.95. The highest BCUT2D eigenvalue weighted by atomic mass is 16.3. The second-order valence-corrected chi connectivity index (χ2v) is 5.95. The summed E-state index contributed by atoms with van der Waals surface area (Å²) in [7, 11) is 0. The lowest BCUT2D eigenvalue weighted by molar-refractivity contribution is -0.123. The molecular weight excluding hydrogens is 266 g/mol. The molecule has 0 heterocycles. The number of rotatable bonds is 7. The van der Waals surface area contributed by atoms with Crippen molar-refractivity contribution in [3.8, 4) is 0 Å². The molecule has 0 aromatic rings. The van der Waals surface area contributed by atoms with Gasteiger partial charge in [-0.3, -0.25) is 4.79 Å². The summed E-state index contributed by atoms with van der Waals surface area (Å²) in [6.45, 7) is 15.6. The van der Waals surface area contributed by atoms with Gasteiger partial charge in [-0.1, -0.05) is 41.0 Å². The third kappa shape index (κ3) is 24.5. The molecule has 128 valence electrons. The quantitative estimate of drug-likeness (QED) is 0.753. The van der Waals surface area contributed by atoms with Crippen molar-refractivity contribution in [3.63, 3.8) is 0 Å². The van der Waals surface area contributed by atoms with Gasteiger partial charge in [-0.25, -0.2) is 0 Å². The molecule has 0 bridgehead atoms. The van der Waals surface area contributed by atoms with E-state index in [4.69, 9.17) is 5.11 Å². The summed E-state index contributed by atoms with van der Waals surface area (Å²) >= 11 is 0. The van der Waals surface area contributed by atoms with E-state index in [0.29, 0.717) is 19.3 Å². The molecular formula is C17H37NO3. The zero-order valence-electron chi connectivity index (χ0n) is 15.4. The minimum absolute atomic E-state index is 0.0918. The molecule has 1 amide bonds. The molecule has 0 aliphatic carbocycles. The van der Waals surface area contributed by atoms with Crippen molar-refractivity contribution in [2.24, 2.45) is 5.92 Å². The number of carbonyl (C=O) groups is 2. The summed E-state index contributed by atoms with van der Waals surface area (Å²) in [5.41, 5.74) is -0.576. The van der Waals surface area contributed by atoms with Crippen molar-refractivity contribution in [2.45, 2.75) is 86.6 Å². The van der Waals surface area contributed by atoms with Gasteiger partial charge in [0.25, 0.3) is 0 Å². The molecule has 0 saturated heterocycles. The van der Waals surface area contributed by atoms with E-state index in [1.54, 1.807) is 13.8 Å². The van der Waals surface area contributed by atoms with Gasteiger partial charge in [-0.15, -0.1) is 0 Å². The molecule has 0 fully saturated rings. The van der Waals surface area contributed by atoms with Gasteiger partial charge in [0, 0.05) is 12.8 Å². The summed E-state index contributed by atoms with van der Waals surface area (Å²) in [5, 5.41) is 11.6. The van der Waals surface area contributed by atoms with Crippen LogP contribution in [-0.4, -0.2) is 28.9 Å². The summed E-state index contributed by atoms with van der Waals surface area (Å²) in [6.07, 6.45) is 2.65. The molecule has 0 unspecified atom stereocenters. The van der Waals surface area contributed by atoms with Gasteiger partial charge in [0.15, 0.2) is 0 Å². The van der Waals surface area contributed by atoms with E-state index in [1.165, 1.54) is 13.3 Å².